The van der Waals surface area contributed by atoms with Crippen LogP contribution < -0.4 is 11.0 Å². The van der Waals surface area contributed by atoms with Crippen LogP contribution in [-0.4, -0.2) is 43.0 Å². The third kappa shape index (κ3) is 4.32. The maximum Gasteiger partial charge on any atom is 0.329 e. The van der Waals surface area contributed by atoms with E-state index in [1.54, 1.807) is 23.0 Å². The van der Waals surface area contributed by atoms with Crippen molar-refractivity contribution in [2.24, 2.45) is 0 Å². The predicted molar refractivity (Wildman–Crippen MR) is 117 cm³/mol. The second-order valence-electron chi connectivity index (χ2n) is 8.05. The third-order valence-electron chi connectivity index (χ3n) is 5.16. The largest absolute Gasteiger partial charge is 0.390 e. The van der Waals surface area contributed by atoms with Gasteiger partial charge in [0.25, 0.3) is 0 Å². The number of nitrogens with one attached hydrogen (secondary N) is 1. The van der Waals surface area contributed by atoms with Crippen molar-refractivity contribution in [2.75, 3.05) is 18.5 Å². The fourth-order valence-corrected chi connectivity index (χ4v) is 3.88. The minimum absolute atomic E-state index is 0.00249. The summed E-state index contributed by atoms with van der Waals surface area (Å²) >= 11 is 12.0. The summed E-state index contributed by atoms with van der Waals surface area (Å²) in [5.74, 6) is 0.380. The van der Waals surface area contributed by atoms with Crippen LogP contribution in [0.15, 0.2) is 29.2 Å². The molecule has 1 fully saturated rings. The summed E-state index contributed by atoms with van der Waals surface area (Å²) in [4.78, 5) is 21.2. The molecule has 2 aromatic heterocycles. The Morgan fingerprint density at radius 2 is 2.13 bits per heavy atom. The molecule has 0 spiro atoms. The highest BCUT2D eigenvalue weighted by atomic mass is 35.5. The Bertz CT molecular complexity index is 1130. The number of aryl methyl sites for hydroxylation is 1. The molecule has 8 nitrogen and oxygen atoms in total. The number of rotatable bonds is 6. The van der Waals surface area contributed by atoms with Crippen molar-refractivity contribution in [1.82, 2.24) is 19.1 Å². The SMILES string of the molecule is CC(C)(O)CCn1c(=O)n([C@H]2CCOC2)c2ccc(Nc3nc(Cl)ncc3Cl)cc21. The number of nitrogens with zero attached hydrogens (tertiary/aromatic N) is 4. The molecule has 0 saturated carbocycles. The van der Waals surface area contributed by atoms with E-state index in [-0.39, 0.29) is 17.0 Å². The molecular formula is C20H23Cl2N5O3. The third-order valence-corrected chi connectivity index (χ3v) is 5.62. The number of anilines is 2. The van der Waals surface area contributed by atoms with E-state index >= 15 is 0 Å². The number of benzene rings is 1. The normalized spacial score (nSPS) is 17.0. The number of fused-ring (bicyclic) bond motifs is 1. The highest BCUT2D eigenvalue weighted by Gasteiger charge is 2.25. The van der Waals surface area contributed by atoms with Gasteiger partial charge in [-0.05, 0) is 56.5 Å². The van der Waals surface area contributed by atoms with Crippen LogP contribution >= 0.6 is 23.2 Å². The summed E-state index contributed by atoms with van der Waals surface area (Å²) in [6, 6.07) is 5.63. The first-order valence-electron chi connectivity index (χ1n) is 9.73. The standard InChI is InChI=1S/C20H23Cl2N5O3/c1-20(2,29)6-7-26-16-9-12(24-17-14(21)10-23-18(22)25-17)3-4-15(16)27(19(26)28)13-5-8-30-11-13/h3-4,9-10,13,29H,5-8,11H2,1-2H3,(H,23,24,25)/t13-/m0/s1. The summed E-state index contributed by atoms with van der Waals surface area (Å²) in [7, 11) is 0. The molecule has 0 bridgehead atoms. The zero-order valence-corrected chi connectivity index (χ0v) is 18.2. The van der Waals surface area contributed by atoms with E-state index in [9.17, 15) is 9.90 Å². The van der Waals surface area contributed by atoms with E-state index in [2.05, 4.69) is 15.3 Å². The Hall–Kier alpha value is -2.13. The highest BCUT2D eigenvalue weighted by Crippen LogP contribution is 2.29. The van der Waals surface area contributed by atoms with E-state index in [4.69, 9.17) is 27.9 Å². The number of aromatic nitrogens is 4. The maximum atomic E-state index is 13.3. The molecule has 1 atom stereocenters. The van der Waals surface area contributed by atoms with Gasteiger partial charge in [0, 0.05) is 18.8 Å². The van der Waals surface area contributed by atoms with E-state index in [1.807, 2.05) is 18.2 Å². The van der Waals surface area contributed by atoms with Gasteiger partial charge in [0.05, 0.1) is 35.5 Å². The predicted octanol–water partition coefficient (Wildman–Crippen LogP) is 3.77. The molecule has 3 heterocycles. The Balaban J connectivity index is 1.78. The van der Waals surface area contributed by atoms with E-state index in [0.29, 0.717) is 42.7 Å². The lowest BCUT2D eigenvalue weighted by Crippen LogP contribution is -2.30. The molecule has 0 unspecified atom stereocenters. The monoisotopic (exact) mass is 451 g/mol. The quantitative estimate of drug-likeness (QED) is 0.553. The topological polar surface area (TPSA) is 94.2 Å². The molecular weight excluding hydrogens is 429 g/mol. The van der Waals surface area contributed by atoms with E-state index in [1.165, 1.54) is 6.20 Å². The van der Waals surface area contributed by atoms with Crippen molar-refractivity contribution in [3.8, 4) is 0 Å². The van der Waals surface area contributed by atoms with E-state index in [0.717, 1.165) is 17.5 Å². The fourth-order valence-electron chi connectivity index (χ4n) is 3.61. The Kier molecular flexibility index (Phi) is 5.76. The number of hydrogen-bond acceptors (Lipinski definition) is 6. The van der Waals surface area contributed by atoms with Crippen molar-refractivity contribution in [1.29, 1.82) is 0 Å². The number of halogens is 2. The number of hydrogen-bond donors (Lipinski definition) is 2. The zero-order chi connectivity index (χ0) is 21.5. The smallest absolute Gasteiger partial charge is 0.329 e. The van der Waals surface area contributed by atoms with Crippen LogP contribution in [-0.2, 0) is 11.3 Å². The Morgan fingerprint density at radius 1 is 1.33 bits per heavy atom. The Labute approximate surface area is 183 Å². The summed E-state index contributed by atoms with van der Waals surface area (Å²) in [5.41, 5.74) is 1.30. The zero-order valence-electron chi connectivity index (χ0n) is 16.7. The van der Waals surface area contributed by atoms with Gasteiger partial charge >= 0.3 is 5.69 Å². The van der Waals surface area contributed by atoms with Gasteiger partial charge in [-0.1, -0.05) is 11.6 Å². The van der Waals surface area contributed by atoms with Crippen LogP contribution in [0.25, 0.3) is 11.0 Å². The van der Waals surface area contributed by atoms with Crippen molar-refractivity contribution < 1.29 is 9.84 Å². The second kappa shape index (κ2) is 8.19. The molecule has 1 aromatic carbocycles. The molecule has 0 aliphatic carbocycles. The van der Waals surface area contributed by atoms with Crippen molar-refractivity contribution in [2.45, 2.75) is 44.9 Å². The molecule has 0 amide bonds. The molecule has 0 radical (unpaired) electrons. The van der Waals surface area contributed by atoms with Gasteiger partial charge in [0.1, 0.15) is 5.02 Å². The van der Waals surface area contributed by atoms with Crippen molar-refractivity contribution in [3.05, 3.63) is 45.2 Å². The van der Waals surface area contributed by atoms with E-state index < -0.39 is 5.60 Å². The highest BCUT2D eigenvalue weighted by molar-refractivity contribution is 6.33. The van der Waals surface area contributed by atoms with Gasteiger partial charge in [-0.3, -0.25) is 9.13 Å². The molecule has 1 aliphatic heterocycles. The van der Waals surface area contributed by atoms with Gasteiger partial charge in [0.15, 0.2) is 5.82 Å². The molecule has 2 N–H and O–H groups in total. The summed E-state index contributed by atoms with van der Waals surface area (Å²) < 4.78 is 9.00. The maximum absolute atomic E-state index is 13.3. The lowest BCUT2D eigenvalue weighted by Gasteiger charge is -2.17. The minimum Gasteiger partial charge on any atom is -0.390 e. The first-order chi connectivity index (χ1) is 14.2. The van der Waals surface area contributed by atoms with Crippen molar-refractivity contribution >= 4 is 45.7 Å². The summed E-state index contributed by atoms with van der Waals surface area (Å²) in [6.45, 7) is 5.01. The molecule has 3 aromatic rings. The van der Waals surface area contributed by atoms with Crippen LogP contribution in [0, 0.1) is 0 Å². The lowest BCUT2D eigenvalue weighted by molar-refractivity contribution is 0.0662. The first-order valence-corrected chi connectivity index (χ1v) is 10.5. The number of ether oxygens (including phenoxy) is 1. The average molecular weight is 452 g/mol. The van der Waals surface area contributed by atoms with Crippen LogP contribution in [0.1, 0.15) is 32.7 Å². The minimum atomic E-state index is -0.884. The van der Waals surface area contributed by atoms with Gasteiger partial charge in [0.2, 0.25) is 5.28 Å². The summed E-state index contributed by atoms with van der Waals surface area (Å²) in [6.07, 6.45) is 2.66. The van der Waals surface area contributed by atoms with Crippen LogP contribution in [0.3, 0.4) is 0 Å². The lowest BCUT2D eigenvalue weighted by atomic mass is 10.1. The molecule has 1 aliphatic rings. The van der Waals surface area contributed by atoms with Gasteiger partial charge in [-0.25, -0.2) is 9.78 Å². The number of imidazole rings is 1. The molecule has 30 heavy (non-hydrogen) atoms. The molecule has 160 valence electrons. The van der Waals surface area contributed by atoms with Gasteiger partial charge in [-0.2, -0.15) is 4.98 Å². The van der Waals surface area contributed by atoms with Crippen molar-refractivity contribution in [3.63, 3.8) is 0 Å². The fraction of sp³-hybridized carbons (Fsp3) is 0.450. The van der Waals surface area contributed by atoms with Crippen LogP contribution in [0.5, 0.6) is 0 Å². The first kappa shape index (κ1) is 21.1. The van der Waals surface area contributed by atoms with Gasteiger partial charge in [-0.15, -0.1) is 0 Å². The number of aliphatic hydroxyl groups is 1. The second-order valence-corrected chi connectivity index (χ2v) is 8.79. The molecule has 10 heteroatoms. The van der Waals surface area contributed by atoms with Gasteiger partial charge < -0.3 is 15.2 Å². The summed E-state index contributed by atoms with van der Waals surface area (Å²) in [5, 5.41) is 13.7. The Morgan fingerprint density at radius 3 is 2.83 bits per heavy atom. The molecule has 4 rings (SSSR count). The average Bonchev–Trinajstić information content (AvgIpc) is 3.28. The van der Waals surface area contributed by atoms with Crippen LogP contribution in [0.2, 0.25) is 10.3 Å². The molecule has 1 saturated heterocycles. The van der Waals surface area contributed by atoms with Crippen LogP contribution in [0.4, 0.5) is 11.5 Å².